The maximum Gasteiger partial charge on any atom is 0.253 e. The molecule has 0 radical (unpaired) electrons. The fraction of sp³-hybridized carbons (Fsp3) is 0.400. The molecule has 1 heterocycles. The van der Waals surface area contributed by atoms with E-state index in [9.17, 15) is 4.79 Å². The van der Waals surface area contributed by atoms with E-state index in [-0.39, 0.29) is 5.91 Å². The molecule has 0 fully saturated rings. The van der Waals surface area contributed by atoms with Gasteiger partial charge in [-0.25, -0.2) is 0 Å². The summed E-state index contributed by atoms with van der Waals surface area (Å²) in [5.74, 6) is 0.816. The Bertz CT molecular complexity index is 752. The van der Waals surface area contributed by atoms with Crippen LogP contribution in [0.2, 0.25) is 0 Å². The number of carbonyl (C=O) groups is 1. The van der Waals surface area contributed by atoms with E-state index in [1.165, 1.54) is 9.75 Å². The zero-order chi connectivity index (χ0) is 18.9. The number of aryl methyl sites for hydroxylation is 1. The van der Waals surface area contributed by atoms with Crippen LogP contribution in [0.1, 0.15) is 32.6 Å². The summed E-state index contributed by atoms with van der Waals surface area (Å²) in [6.45, 7) is 3.70. The molecular formula is C20H28N4OS. The minimum Gasteiger partial charge on any atom is -0.356 e. The number of carbonyl (C=O) groups excluding carboxylic acids is 1. The number of nitrogens with zero attached hydrogens (tertiary/aromatic N) is 2. The molecule has 140 valence electrons. The van der Waals surface area contributed by atoms with Crippen LogP contribution >= 0.6 is 11.3 Å². The molecule has 1 amide bonds. The minimum atomic E-state index is 0.0275. The summed E-state index contributed by atoms with van der Waals surface area (Å²) in [6.07, 6.45) is 1.90. The van der Waals surface area contributed by atoms with Gasteiger partial charge in [-0.3, -0.25) is 9.79 Å². The second kappa shape index (κ2) is 9.97. The van der Waals surface area contributed by atoms with Gasteiger partial charge in [-0.05, 0) is 42.7 Å². The van der Waals surface area contributed by atoms with Crippen molar-refractivity contribution in [3.8, 4) is 0 Å². The Kier molecular flexibility index (Phi) is 7.66. The molecule has 0 aliphatic heterocycles. The van der Waals surface area contributed by atoms with Crippen LogP contribution < -0.4 is 10.6 Å². The van der Waals surface area contributed by atoms with E-state index in [2.05, 4.69) is 34.7 Å². The monoisotopic (exact) mass is 372 g/mol. The third kappa shape index (κ3) is 5.88. The number of rotatable bonds is 7. The van der Waals surface area contributed by atoms with E-state index in [4.69, 9.17) is 0 Å². The fourth-order valence-electron chi connectivity index (χ4n) is 2.54. The van der Waals surface area contributed by atoms with Gasteiger partial charge in [0, 0.05) is 43.0 Å². The molecule has 0 aliphatic carbocycles. The van der Waals surface area contributed by atoms with Crippen LogP contribution in [-0.2, 0) is 19.4 Å². The lowest BCUT2D eigenvalue weighted by molar-refractivity contribution is 0.0827. The van der Waals surface area contributed by atoms with Gasteiger partial charge in [-0.15, -0.1) is 11.3 Å². The molecule has 6 heteroatoms. The molecule has 2 aromatic rings. The number of hydrogen-bond donors (Lipinski definition) is 2. The van der Waals surface area contributed by atoms with E-state index in [1.54, 1.807) is 26.0 Å². The van der Waals surface area contributed by atoms with Gasteiger partial charge in [0.05, 0.1) is 6.54 Å². The maximum atomic E-state index is 12.1. The highest BCUT2D eigenvalue weighted by atomic mass is 32.1. The number of aliphatic imine (C=N–C) groups is 1. The van der Waals surface area contributed by atoms with Crippen molar-refractivity contribution >= 4 is 23.2 Å². The molecule has 0 atom stereocenters. The van der Waals surface area contributed by atoms with Gasteiger partial charge in [0.2, 0.25) is 0 Å². The molecule has 5 nitrogen and oxygen atoms in total. The first kappa shape index (κ1) is 20.0. The van der Waals surface area contributed by atoms with E-state index in [0.29, 0.717) is 0 Å². The Morgan fingerprint density at radius 1 is 1.15 bits per heavy atom. The van der Waals surface area contributed by atoms with Gasteiger partial charge < -0.3 is 15.5 Å². The predicted molar refractivity (Wildman–Crippen MR) is 110 cm³/mol. The van der Waals surface area contributed by atoms with E-state index in [0.717, 1.165) is 43.0 Å². The average Bonchev–Trinajstić information content (AvgIpc) is 3.12. The highest BCUT2D eigenvalue weighted by Crippen LogP contribution is 2.16. The molecule has 0 unspecified atom stereocenters. The molecule has 2 rings (SSSR count). The Hall–Kier alpha value is -2.34. The predicted octanol–water partition coefficient (Wildman–Crippen LogP) is 2.92. The van der Waals surface area contributed by atoms with Crippen molar-refractivity contribution in [2.45, 2.75) is 26.3 Å². The minimum absolute atomic E-state index is 0.0275. The zero-order valence-electron chi connectivity index (χ0n) is 16.0. The second-order valence-electron chi connectivity index (χ2n) is 6.22. The summed E-state index contributed by atoms with van der Waals surface area (Å²) < 4.78 is 0. The molecule has 0 bridgehead atoms. The molecule has 2 N–H and O–H groups in total. The molecular weight excluding hydrogens is 344 g/mol. The Labute approximate surface area is 160 Å². The molecule has 26 heavy (non-hydrogen) atoms. The van der Waals surface area contributed by atoms with Crippen molar-refractivity contribution in [3.05, 3.63) is 57.3 Å². The molecule has 0 saturated carbocycles. The lowest BCUT2D eigenvalue weighted by Crippen LogP contribution is -2.37. The Morgan fingerprint density at radius 2 is 1.92 bits per heavy atom. The van der Waals surface area contributed by atoms with Gasteiger partial charge in [-0.2, -0.15) is 0 Å². The average molecular weight is 373 g/mol. The summed E-state index contributed by atoms with van der Waals surface area (Å²) in [5.41, 5.74) is 1.85. The van der Waals surface area contributed by atoms with E-state index < -0.39 is 0 Å². The quantitative estimate of drug-likeness (QED) is 0.580. The maximum absolute atomic E-state index is 12.1. The summed E-state index contributed by atoms with van der Waals surface area (Å²) in [5, 5.41) is 6.67. The Balaban J connectivity index is 1.82. The summed E-state index contributed by atoms with van der Waals surface area (Å²) in [6, 6.07) is 12.1. The standard InChI is InChI=1S/C20H28N4OS/c1-5-17-9-10-18(26-17)14-23-20(21-2)22-12-11-15-7-6-8-16(13-15)19(25)24(3)4/h6-10,13H,5,11-12,14H2,1-4H3,(H2,21,22,23). The lowest BCUT2D eigenvalue weighted by Gasteiger charge is -2.13. The first-order valence-electron chi connectivity index (χ1n) is 8.86. The number of benzene rings is 1. The van der Waals surface area contributed by atoms with Crippen LogP contribution in [0.15, 0.2) is 41.4 Å². The normalized spacial score (nSPS) is 11.3. The third-order valence-electron chi connectivity index (χ3n) is 4.01. The molecule has 0 saturated heterocycles. The summed E-state index contributed by atoms with van der Waals surface area (Å²) >= 11 is 1.83. The van der Waals surface area contributed by atoms with Crippen LogP contribution in [0.5, 0.6) is 0 Å². The highest BCUT2D eigenvalue weighted by molar-refractivity contribution is 7.11. The number of hydrogen-bond acceptors (Lipinski definition) is 3. The lowest BCUT2D eigenvalue weighted by atomic mass is 10.1. The van der Waals surface area contributed by atoms with E-state index in [1.807, 2.05) is 35.6 Å². The van der Waals surface area contributed by atoms with Crippen LogP contribution in [0.25, 0.3) is 0 Å². The number of amides is 1. The van der Waals surface area contributed by atoms with Crippen molar-refractivity contribution in [3.63, 3.8) is 0 Å². The third-order valence-corrected chi connectivity index (χ3v) is 5.24. The van der Waals surface area contributed by atoms with E-state index >= 15 is 0 Å². The smallest absolute Gasteiger partial charge is 0.253 e. The summed E-state index contributed by atoms with van der Waals surface area (Å²) in [4.78, 5) is 20.6. The number of thiophene rings is 1. The fourth-order valence-corrected chi connectivity index (χ4v) is 3.44. The Morgan fingerprint density at radius 3 is 2.58 bits per heavy atom. The van der Waals surface area contributed by atoms with Crippen molar-refractivity contribution < 1.29 is 4.79 Å². The first-order chi connectivity index (χ1) is 12.5. The summed E-state index contributed by atoms with van der Waals surface area (Å²) in [7, 11) is 5.31. The van der Waals surface area contributed by atoms with Crippen molar-refractivity contribution in [1.82, 2.24) is 15.5 Å². The SMILES string of the molecule is CCc1ccc(CNC(=NC)NCCc2cccc(C(=O)N(C)C)c2)s1. The number of nitrogens with one attached hydrogen (secondary N) is 2. The van der Waals surface area contributed by atoms with Crippen molar-refractivity contribution in [2.75, 3.05) is 27.7 Å². The zero-order valence-corrected chi connectivity index (χ0v) is 16.8. The molecule has 1 aromatic heterocycles. The second-order valence-corrected chi connectivity index (χ2v) is 7.48. The van der Waals surface area contributed by atoms with Crippen molar-refractivity contribution in [1.29, 1.82) is 0 Å². The van der Waals surface area contributed by atoms with Gasteiger partial charge in [0.1, 0.15) is 0 Å². The van der Waals surface area contributed by atoms with Crippen LogP contribution in [0.3, 0.4) is 0 Å². The molecule has 0 spiro atoms. The van der Waals surface area contributed by atoms with Gasteiger partial charge in [0.15, 0.2) is 5.96 Å². The van der Waals surface area contributed by atoms with Crippen LogP contribution in [0.4, 0.5) is 0 Å². The molecule has 1 aromatic carbocycles. The first-order valence-corrected chi connectivity index (χ1v) is 9.67. The van der Waals surface area contributed by atoms with Crippen LogP contribution in [0, 0.1) is 0 Å². The van der Waals surface area contributed by atoms with Crippen molar-refractivity contribution in [2.24, 2.45) is 4.99 Å². The van der Waals surface area contributed by atoms with Gasteiger partial charge in [-0.1, -0.05) is 19.1 Å². The van der Waals surface area contributed by atoms with Crippen LogP contribution in [-0.4, -0.2) is 44.5 Å². The topological polar surface area (TPSA) is 56.7 Å². The van der Waals surface area contributed by atoms with Gasteiger partial charge in [0.25, 0.3) is 5.91 Å². The highest BCUT2D eigenvalue weighted by Gasteiger charge is 2.08. The van der Waals surface area contributed by atoms with Gasteiger partial charge >= 0.3 is 0 Å². The largest absolute Gasteiger partial charge is 0.356 e. The number of guanidine groups is 1. The molecule has 0 aliphatic rings.